The van der Waals surface area contributed by atoms with Gasteiger partial charge in [-0.15, -0.1) is 0 Å². The molecule has 0 aliphatic carbocycles. The van der Waals surface area contributed by atoms with E-state index in [0.717, 1.165) is 26.6 Å². The van der Waals surface area contributed by atoms with Crippen molar-refractivity contribution in [3.63, 3.8) is 0 Å². The molecule has 0 unspecified atom stereocenters. The van der Waals surface area contributed by atoms with Crippen LogP contribution in [-0.2, 0) is 17.6 Å². The molecule has 0 atom stereocenters. The average molecular weight is 575 g/mol. The number of benzene rings is 5. The van der Waals surface area contributed by atoms with Crippen LogP contribution >= 0.6 is 11.8 Å². The van der Waals surface area contributed by atoms with Crippen LogP contribution in [0.1, 0.15) is 11.1 Å². The summed E-state index contributed by atoms with van der Waals surface area (Å²) in [4.78, 5) is 28.5. The number of nitrogens with one attached hydrogen (secondary N) is 1. The summed E-state index contributed by atoms with van der Waals surface area (Å²) < 4.78 is 6.07. The zero-order valence-corrected chi connectivity index (χ0v) is 23.7. The molecule has 7 heteroatoms. The average Bonchev–Trinajstić information content (AvgIpc) is 3.00. The molecule has 42 heavy (non-hydrogen) atoms. The Hall–Kier alpha value is -5.01. The predicted molar refractivity (Wildman–Crippen MR) is 168 cm³/mol. The molecule has 5 aromatic carbocycles. The number of aliphatic carboxylic acids is 1. The van der Waals surface area contributed by atoms with E-state index in [9.17, 15) is 9.59 Å². The smallest absolute Gasteiger partial charge is 0.326 e. The first-order valence-corrected chi connectivity index (χ1v) is 14.4. The van der Waals surface area contributed by atoms with Crippen molar-refractivity contribution in [1.82, 2.24) is 0 Å². The molecule has 210 valence electrons. The molecular formula is C35H30N2O4S. The van der Waals surface area contributed by atoms with Gasteiger partial charge in [-0.3, -0.25) is 9.69 Å². The Morgan fingerprint density at radius 2 is 1.40 bits per heavy atom. The van der Waals surface area contributed by atoms with Gasteiger partial charge in [-0.2, -0.15) is 0 Å². The van der Waals surface area contributed by atoms with Gasteiger partial charge in [0, 0.05) is 22.0 Å². The zero-order valence-electron chi connectivity index (χ0n) is 22.9. The lowest BCUT2D eigenvalue weighted by Crippen LogP contribution is -2.36. The predicted octanol–water partition coefficient (Wildman–Crippen LogP) is 8.54. The van der Waals surface area contributed by atoms with E-state index in [0.29, 0.717) is 30.2 Å². The van der Waals surface area contributed by atoms with Crippen molar-refractivity contribution >= 4 is 35.1 Å². The summed E-state index contributed by atoms with van der Waals surface area (Å²) in [7, 11) is 0. The topological polar surface area (TPSA) is 78.9 Å². The van der Waals surface area contributed by atoms with Gasteiger partial charge >= 0.3 is 12.0 Å². The minimum atomic E-state index is -0.855. The van der Waals surface area contributed by atoms with Crippen LogP contribution in [0.2, 0.25) is 0 Å². The van der Waals surface area contributed by atoms with E-state index in [1.807, 2.05) is 121 Å². The zero-order chi connectivity index (χ0) is 29.1. The van der Waals surface area contributed by atoms with Crippen LogP contribution in [0.25, 0.3) is 0 Å². The summed E-state index contributed by atoms with van der Waals surface area (Å²) in [6.45, 7) is 0.468. The van der Waals surface area contributed by atoms with Crippen molar-refractivity contribution < 1.29 is 19.4 Å². The van der Waals surface area contributed by atoms with Crippen LogP contribution < -0.4 is 15.0 Å². The second-order valence-electron chi connectivity index (χ2n) is 9.54. The van der Waals surface area contributed by atoms with Crippen molar-refractivity contribution in [3.05, 3.63) is 145 Å². The highest BCUT2D eigenvalue weighted by molar-refractivity contribution is 7.99. The fraction of sp³-hybridized carbons (Fsp3) is 0.0857. The van der Waals surface area contributed by atoms with Crippen LogP contribution in [0.3, 0.4) is 0 Å². The third-order valence-corrected chi connectivity index (χ3v) is 7.45. The Morgan fingerprint density at radius 1 is 0.714 bits per heavy atom. The Labute approximate surface area is 249 Å². The Balaban J connectivity index is 1.37. The van der Waals surface area contributed by atoms with Crippen molar-refractivity contribution in [2.75, 3.05) is 16.8 Å². The van der Waals surface area contributed by atoms with Crippen molar-refractivity contribution in [2.45, 2.75) is 22.6 Å². The number of amides is 2. The van der Waals surface area contributed by atoms with E-state index in [-0.39, 0.29) is 12.5 Å². The van der Waals surface area contributed by atoms with Gasteiger partial charge in [0.15, 0.2) is 5.75 Å². The number of carbonyl (C=O) groups is 2. The van der Waals surface area contributed by atoms with E-state index in [4.69, 9.17) is 9.84 Å². The molecule has 0 aliphatic rings. The number of urea groups is 1. The van der Waals surface area contributed by atoms with Gasteiger partial charge in [0.1, 0.15) is 5.75 Å². The molecule has 2 N–H and O–H groups in total. The quantitative estimate of drug-likeness (QED) is 0.165. The lowest BCUT2D eigenvalue weighted by Gasteiger charge is -2.24. The maximum atomic E-state index is 13.8. The van der Waals surface area contributed by atoms with Crippen molar-refractivity contribution in [1.29, 1.82) is 0 Å². The maximum Gasteiger partial charge on any atom is 0.326 e. The Bertz CT molecular complexity index is 1630. The van der Waals surface area contributed by atoms with Gasteiger partial charge in [-0.25, -0.2) is 4.79 Å². The molecule has 0 fully saturated rings. The van der Waals surface area contributed by atoms with Crippen LogP contribution in [0.15, 0.2) is 143 Å². The van der Waals surface area contributed by atoms with E-state index >= 15 is 0 Å². The monoisotopic (exact) mass is 574 g/mol. The highest BCUT2D eigenvalue weighted by Gasteiger charge is 2.19. The number of carbonyl (C=O) groups excluding carboxylic acids is 1. The first-order valence-electron chi connectivity index (χ1n) is 13.6. The van der Waals surface area contributed by atoms with E-state index in [2.05, 4.69) is 17.4 Å². The molecule has 0 radical (unpaired) electrons. The summed E-state index contributed by atoms with van der Waals surface area (Å²) >= 11 is 1.55. The summed E-state index contributed by atoms with van der Waals surface area (Å²) in [6, 6.07) is 42.0. The molecule has 6 nitrogen and oxygen atoms in total. The van der Waals surface area contributed by atoms with Crippen LogP contribution in [0.4, 0.5) is 16.2 Å². The molecule has 2 amide bonds. The molecule has 5 aromatic rings. The fourth-order valence-corrected chi connectivity index (χ4v) is 5.26. The van der Waals surface area contributed by atoms with Gasteiger partial charge in [-0.05, 0) is 72.1 Å². The molecule has 0 aliphatic heterocycles. The minimum absolute atomic E-state index is 0.00850. The van der Waals surface area contributed by atoms with E-state index in [1.165, 1.54) is 0 Å². The molecule has 0 heterocycles. The second kappa shape index (κ2) is 14.1. The largest absolute Gasteiger partial charge is 0.481 e. The lowest BCUT2D eigenvalue weighted by molar-refractivity contribution is -0.136. The number of nitrogens with zero attached hydrogens (tertiary/aromatic N) is 1. The maximum absolute atomic E-state index is 13.8. The Morgan fingerprint density at radius 3 is 2.14 bits per heavy atom. The number of ether oxygens (including phenoxy) is 1. The second-order valence-corrected chi connectivity index (χ2v) is 10.7. The third kappa shape index (κ3) is 8.02. The molecule has 0 bridgehead atoms. The highest BCUT2D eigenvalue weighted by Crippen LogP contribution is 2.33. The number of carboxylic acids is 1. The molecule has 0 spiro atoms. The number of hydrogen-bond acceptors (Lipinski definition) is 4. The fourth-order valence-electron chi connectivity index (χ4n) is 4.39. The lowest BCUT2D eigenvalue weighted by atomic mass is 10.1. The number of anilines is 2. The van der Waals surface area contributed by atoms with Crippen LogP contribution in [-0.4, -0.2) is 23.7 Å². The summed E-state index contributed by atoms with van der Waals surface area (Å²) in [5, 5.41) is 12.1. The standard InChI is InChI=1S/C35H30N2O4S/c38-34(39)24-27-18-20-30(21-19-27)42-31-15-9-12-28(25-31)37(23-22-26-10-3-1-4-11-26)35(40)36-32-16-7-8-17-33(32)41-29-13-5-2-6-14-29/h1-21,25H,22-24H2,(H,36,40)(H,38,39). The van der Waals surface area contributed by atoms with Gasteiger partial charge < -0.3 is 15.2 Å². The normalized spacial score (nSPS) is 10.6. The SMILES string of the molecule is O=C(O)Cc1ccc(Sc2cccc(N(CCc3ccccc3)C(=O)Nc3ccccc3Oc3ccccc3)c2)cc1. The first-order chi connectivity index (χ1) is 20.5. The first kappa shape index (κ1) is 28.5. The summed E-state index contributed by atoms with van der Waals surface area (Å²) in [6.07, 6.45) is 0.671. The minimum Gasteiger partial charge on any atom is -0.481 e. The van der Waals surface area contributed by atoms with Crippen LogP contribution in [0.5, 0.6) is 11.5 Å². The summed E-state index contributed by atoms with van der Waals surface area (Å²) in [5.41, 5.74) is 3.22. The molecule has 5 rings (SSSR count). The van der Waals surface area contributed by atoms with Crippen molar-refractivity contribution in [2.24, 2.45) is 0 Å². The van der Waals surface area contributed by atoms with Gasteiger partial charge in [0.25, 0.3) is 0 Å². The third-order valence-electron chi connectivity index (χ3n) is 6.46. The summed E-state index contributed by atoms with van der Waals surface area (Å²) in [5.74, 6) is 0.378. The van der Waals surface area contributed by atoms with Crippen molar-refractivity contribution in [3.8, 4) is 11.5 Å². The Kier molecular flexibility index (Phi) is 9.54. The number of rotatable bonds is 11. The van der Waals surface area contributed by atoms with Crippen LogP contribution in [0, 0.1) is 0 Å². The molecule has 0 saturated carbocycles. The number of carboxylic acid groups (broad SMARTS) is 1. The molecule has 0 aromatic heterocycles. The van der Waals surface area contributed by atoms with E-state index in [1.54, 1.807) is 16.7 Å². The molecule has 0 saturated heterocycles. The van der Waals surface area contributed by atoms with Gasteiger partial charge in [0.05, 0.1) is 12.1 Å². The number of para-hydroxylation sites is 3. The van der Waals surface area contributed by atoms with Gasteiger partial charge in [-0.1, -0.05) is 90.6 Å². The highest BCUT2D eigenvalue weighted by atomic mass is 32.2. The number of hydrogen-bond donors (Lipinski definition) is 2. The van der Waals surface area contributed by atoms with E-state index < -0.39 is 5.97 Å². The van der Waals surface area contributed by atoms with Gasteiger partial charge in [0.2, 0.25) is 0 Å². The molecular weight excluding hydrogens is 544 g/mol.